The Morgan fingerprint density at radius 2 is 2.14 bits per heavy atom. The number of fused-ring (bicyclic) bond motifs is 1. The Morgan fingerprint density at radius 1 is 1.43 bits per heavy atom. The van der Waals surface area contributed by atoms with Crippen molar-refractivity contribution in [1.82, 2.24) is 9.88 Å². The number of benzene rings is 1. The molecule has 1 fully saturated rings. The van der Waals surface area contributed by atoms with Crippen LogP contribution in [0.1, 0.15) is 23.7 Å². The van der Waals surface area contributed by atoms with E-state index in [-0.39, 0.29) is 17.9 Å². The van der Waals surface area contributed by atoms with Crippen molar-refractivity contribution in [3.8, 4) is 0 Å². The second-order valence-electron chi connectivity index (χ2n) is 5.55. The van der Waals surface area contributed by atoms with Crippen LogP contribution in [-0.2, 0) is 0 Å². The number of hydrogen-bond acceptors (Lipinski definition) is 3. The zero-order valence-corrected chi connectivity index (χ0v) is 12.5. The maximum atomic E-state index is 12.7. The summed E-state index contributed by atoms with van der Waals surface area (Å²) in [5, 5.41) is 11.7. The lowest BCUT2D eigenvalue weighted by Crippen LogP contribution is -2.30. The van der Waals surface area contributed by atoms with Crippen molar-refractivity contribution in [2.45, 2.75) is 19.4 Å². The van der Waals surface area contributed by atoms with Gasteiger partial charge in [0.15, 0.2) is 0 Å². The molecule has 1 aromatic carbocycles. The van der Waals surface area contributed by atoms with E-state index in [0.29, 0.717) is 23.8 Å². The summed E-state index contributed by atoms with van der Waals surface area (Å²) < 4.78 is 0. The van der Waals surface area contributed by atoms with E-state index in [1.165, 1.54) is 0 Å². The van der Waals surface area contributed by atoms with Crippen molar-refractivity contribution in [2.24, 2.45) is 5.92 Å². The largest absolute Gasteiger partial charge is 0.393 e. The summed E-state index contributed by atoms with van der Waals surface area (Å²) in [7, 11) is 0. The Bertz CT molecular complexity index is 687. The third-order valence-corrected chi connectivity index (χ3v) is 4.47. The molecule has 1 aliphatic rings. The maximum Gasteiger partial charge on any atom is 0.256 e. The van der Waals surface area contributed by atoms with Crippen LogP contribution in [0.4, 0.5) is 0 Å². The molecule has 2 unspecified atom stereocenters. The van der Waals surface area contributed by atoms with E-state index in [1.807, 2.05) is 24.3 Å². The molecule has 1 aromatic heterocycles. The van der Waals surface area contributed by atoms with Gasteiger partial charge in [-0.1, -0.05) is 35.9 Å². The standard InChI is InChI=1S/C16H17ClN2O2/c1-10(20)11-6-7-19(9-11)16(21)14-8-18-15(17)13-5-3-2-4-12(13)14/h2-5,8,10-11,20H,6-7,9H2,1H3. The minimum Gasteiger partial charge on any atom is -0.393 e. The average Bonchev–Trinajstić information content (AvgIpc) is 2.97. The van der Waals surface area contributed by atoms with Crippen LogP contribution >= 0.6 is 11.6 Å². The average molecular weight is 305 g/mol. The number of aromatic nitrogens is 1. The zero-order chi connectivity index (χ0) is 15.0. The van der Waals surface area contributed by atoms with Crippen LogP contribution in [0.3, 0.4) is 0 Å². The predicted octanol–water partition coefficient (Wildman–Crippen LogP) is 2.73. The third-order valence-electron chi connectivity index (χ3n) is 4.17. The predicted molar refractivity (Wildman–Crippen MR) is 82.4 cm³/mol. The zero-order valence-electron chi connectivity index (χ0n) is 11.8. The number of amides is 1. The van der Waals surface area contributed by atoms with E-state index in [1.54, 1.807) is 18.0 Å². The molecule has 1 amide bonds. The molecular formula is C16H17ClN2O2. The number of aliphatic hydroxyl groups is 1. The number of hydrogen-bond donors (Lipinski definition) is 1. The molecule has 2 atom stereocenters. The monoisotopic (exact) mass is 304 g/mol. The summed E-state index contributed by atoms with van der Waals surface area (Å²) >= 11 is 6.09. The van der Waals surface area contributed by atoms with E-state index >= 15 is 0 Å². The lowest BCUT2D eigenvalue weighted by Gasteiger charge is -2.18. The molecule has 4 nitrogen and oxygen atoms in total. The fourth-order valence-electron chi connectivity index (χ4n) is 2.86. The molecule has 2 aromatic rings. The Labute approximate surface area is 128 Å². The van der Waals surface area contributed by atoms with E-state index in [4.69, 9.17) is 11.6 Å². The molecular weight excluding hydrogens is 288 g/mol. The minimum atomic E-state index is -0.386. The summed E-state index contributed by atoms with van der Waals surface area (Å²) in [6, 6.07) is 7.52. The van der Waals surface area contributed by atoms with Gasteiger partial charge in [-0.3, -0.25) is 4.79 Å². The first kappa shape index (κ1) is 14.3. The molecule has 0 radical (unpaired) electrons. The van der Waals surface area contributed by atoms with Crippen LogP contribution in [0.5, 0.6) is 0 Å². The van der Waals surface area contributed by atoms with E-state index in [9.17, 15) is 9.90 Å². The summed E-state index contributed by atoms with van der Waals surface area (Å²) in [5.74, 6) is 0.110. The van der Waals surface area contributed by atoms with Gasteiger partial charge in [-0.25, -0.2) is 4.98 Å². The highest BCUT2D eigenvalue weighted by atomic mass is 35.5. The van der Waals surface area contributed by atoms with Crippen molar-refractivity contribution in [2.75, 3.05) is 13.1 Å². The topological polar surface area (TPSA) is 53.4 Å². The fraction of sp³-hybridized carbons (Fsp3) is 0.375. The molecule has 1 saturated heterocycles. The number of pyridine rings is 1. The van der Waals surface area contributed by atoms with Gasteiger partial charge in [0.1, 0.15) is 5.15 Å². The van der Waals surface area contributed by atoms with Crippen LogP contribution < -0.4 is 0 Å². The maximum absolute atomic E-state index is 12.7. The Balaban J connectivity index is 1.94. The van der Waals surface area contributed by atoms with Crippen molar-refractivity contribution in [3.63, 3.8) is 0 Å². The van der Waals surface area contributed by atoms with Gasteiger partial charge in [-0.2, -0.15) is 0 Å². The molecule has 3 rings (SSSR count). The molecule has 110 valence electrons. The van der Waals surface area contributed by atoms with E-state index in [2.05, 4.69) is 4.98 Å². The number of carbonyl (C=O) groups is 1. The summed E-state index contributed by atoms with van der Waals surface area (Å²) in [5.41, 5.74) is 0.571. The van der Waals surface area contributed by atoms with Crippen molar-refractivity contribution >= 4 is 28.3 Å². The highest BCUT2D eigenvalue weighted by Gasteiger charge is 2.30. The fourth-order valence-corrected chi connectivity index (χ4v) is 3.08. The van der Waals surface area contributed by atoms with Crippen LogP contribution in [0.2, 0.25) is 5.15 Å². The number of rotatable bonds is 2. The van der Waals surface area contributed by atoms with E-state index in [0.717, 1.165) is 17.2 Å². The van der Waals surface area contributed by atoms with Gasteiger partial charge in [0, 0.05) is 30.6 Å². The van der Waals surface area contributed by atoms with Gasteiger partial charge in [0.05, 0.1) is 11.7 Å². The van der Waals surface area contributed by atoms with Gasteiger partial charge in [-0.15, -0.1) is 0 Å². The molecule has 0 aliphatic carbocycles. The molecule has 5 heteroatoms. The number of halogens is 1. The van der Waals surface area contributed by atoms with Crippen LogP contribution in [0, 0.1) is 5.92 Å². The first-order valence-electron chi connectivity index (χ1n) is 7.08. The van der Waals surface area contributed by atoms with Crippen molar-refractivity contribution < 1.29 is 9.90 Å². The van der Waals surface area contributed by atoms with Gasteiger partial charge in [-0.05, 0) is 18.7 Å². The first-order valence-corrected chi connectivity index (χ1v) is 7.46. The Hall–Kier alpha value is -1.65. The van der Waals surface area contributed by atoms with Gasteiger partial charge in [0.25, 0.3) is 5.91 Å². The number of carbonyl (C=O) groups excluding carboxylic acids is 1. The van der Waals surface area contributed by atoms with Crippen LogP contribution in [0.15, 0.2) is 30.5 Å². The Kier molecular flexibility index (Phi) is 3.83. The SMILES string of the molecule is CC(O)C1CCN(C(=O)c2cnc(Cl)c3ccccc23)C1. The molecule has 2 heterocycles. The first-order chi connectivity index (χ1) is 10.1. The quantitative estimate of drug-likeness (QED) is 0.868. The van der Waals surface area contributed by atoms with Gasteiger partial charge in [0.2, 0.25) is 0 Å². The number of likely N-dealkylation sites (tertiary alicyclic amines) is 1. The second-order valence-corrected chi connectivity index (χ2v) is 5.91. The lowest BCUT2D eigenvalue weighted by molar-refractivity contribution is 0.0764. The number of aliphatic hydroxyl groups excluding tert-OH is 1. The molecule has 1 N–H and O–H groups in total. The smallest absolute Gasteiger partial charge is 0.256 e. The van der Waals surface area contributed by atoms with Crippen molar-refractivity contribution in [3.05, 3.63) is 41.2 Å². The molecule has 0 bridgehead atoms. The van der Waals surface area contributed by atoms with Gasteiger partial charge >= 0.3 is 0 Å². The van der Waals surface area contributed by atoms with Crippen molar-refractivity contribution in [1.29, 1.82) is 0 Å². The van der Waals surface area contributed by atoms with E-state index < -0.39 is 0 Å². The summed E-state index contributed by atoms with van der Waals surface area (Å²) in [6.45, 7) is 3.04. The highest BCUT2D eigenvalue weighted by Crippen LogP contribution is 2.27. The van der Waals surface area contributed by atoms with Gasteiger partial charge < -0.3 is 10.0 Å². The second kappa shape index (κ2) is 5.62. The highest BCUT2D eigenvalue weighted by molar-refractivity contribution is 6.34. The third kappa shape index (κ3) is 2.61. The van der Waals surface area contributed by atoms with Crippen LogP contribution in [0.25, 0.3) is 10.8 Å². The Morgan fingerprint density at radius 3 is 2.81 bits per heavy atom. The molecule has 21 heavy (non-hydrogen) atoms. The minimum absolute atomic E-state index is 0.0430. The lowest BCUT2D eigenvalue weighted by atomic mass is 10.0. The normalized spacial score (nSPS) is 20.0. The molecule has 0 spiro atoms. The molecule has 0 saturated carbocycles. The number of nitrogens with zero attached hydrogens (tertiary/aromatic N) is 2. The summed E-state index contributed by atoms with van der Waals surface area (Å²) in [6.07, 6.45) is 1.99. The summed E-state index contributed by atoms with van der Waals surface area (Å²) in [4.78, 5) is 18.6. The van der Waals surface area contributed by atoms with Crippen LogP contribution in [-0.4, -0.2) is 40.1 Å². The molecule has 1 aliphatic heterocycles.